The van der Waals surface area contributed by atoms with Crippen LogP contribution in [-0.2, 0) is 16.4 Å². The van der Waals surface area contributed by atoms with Gasteiger partial charge in [0.15, 0.2) is 0 Å². The Balaban J connectivity index is 1.87. The van der Waals surface area contributed by atoms with E-state index in [2.05, 4.69) is 10.0 Å². The van der Waals surface area contributed by atoms with Gasteiger partial charge >= 0.3 is 0 Å². The number of carbonyl (C=O) groups excluding carboxylic acids is 1. The van der Waals surface area contributed by atoms with Gasteiger partial charge in [-0.3, -0.25) is 4.79 Å². The van der Waals surface area contributed by atoms with E-state index in [1.165, 1.54) is 18.2 Å². The molecule has 7 heteroatoms. The first kappa shape index (κ1) is 18.1. The summed E-state index contributed by atoms with van der Waals surface area (Å²) < 4.78 is 40.1. The zero-order valence-electron chi connectivity index (χ0n) is 13.3. The van der Waals surface area contributed by atoms with Crippen LogP contribution in [-0.4, -0.2) is 27.4 Å². The van der Waals surface area contributed by atoms with Crippen LogP contribution in [0.1, 0.15) is 22.8 Å². The Morgan fingerprint density at radius 3 is 2.33 bits per heavy atom. The van der Waals surface area contributed by atoms with Crippen LogP contribution in [0.2, 0.25) is 0 Å². The smallest absolute Gasteiger partial charge is 0.254 e. The molecule has 2 N–H and O–H groups in total. The summed E-state index contributed by atoms with van der Waals surface area (Å²) in [6, 6.07) is 12.2. The van der Waals surface area contributed by atoms with Gasteiger partial charge in [-0.05, 0) is 36.2 Å². The van der Waals surface area contributed by atoms with Crippen LogP contribution in [0.4, 0.5) is 4.39 Å². The third-order valence-corrected chi connectivity index (χ3v) is 4.94. The van der Waals surface area contributed by atoms with E-state index >= 15 is 0 Å². The molecule has 24 heavy (non-hydrogen) atoms. The number of halogens is 1. The van der Waals surface area contributed by atoms with Crippen molar-refractivity contribution in [2.45, 2.75) is 18.2 Å². The number of benzene rings is 2. The Hall–Kier alpha value is -2.25. The zero-order valence-corrected chi connectivity index (χ0v) is 14.1. The second-order valence-electron chi connectivity index (χ2n) is 5.13. The molecule has 2 aromatic carbocycles. The lowest BCUT2D eigenvalue weighted by Gasteiger charge is -2.09. The summed E-state index contributed by atoms with van der Waals surface area (Å²) in [6.07, 6.45) is 0.829. The summed E-state index contributed by atoms with van der Waals surface area (Å²) in [5.41, 5.74) is 0.974. The molecule has 0 aliphatic carbocycles. The standard InChI is InChI=1S/C17H19FN2O3S/c1-2-13-7-9-14(10-8-13)24(22,23)20-12-11-19-17(21)15-5-3-4-6-16(15)18/h3-10,20H,2,11-12H2,1H3,(H,19,21). The second kappa shape index (κ2) is 8.03. The number of nitrogens with one attached hydrogen (secondary N) is 2. The molecular weight excluding hydrogens is 331 g/mol. The fraction of sp³-hybridized carbons (Fsp3) is 0.235. The highest BCUT2D eigenvalue weighted by Crippen LogP contribution is 2.10. The van der Waals surface area contributed by atoms with Gasteiger partial charge in [0.25, 0.3) is 5.91 Å². The molecule has 0 unspecified atom stereocenters. The summed E-state index contributed by atoms with van der Waals surface area (Å²) >= 11 is 0. The van der Waals surface area contributed by atoms with Crippen LogP contribution in [0, 0.1) is 5.82 Å². The normalized spacial score (nSPS) is 11.2. The van der Waals surface area contributed by atoms with E-state index in [0.29, 0.717) is 0 Å². The molecule has 0 aliphatic rings. The Bertz CT molecular complexity index is 805. The fourth-order valence-electron chi connectivity index (χ4n) is 2.09. The van der Waals surface area contributed by atoms with Crippen LogP contribution in [0.3, 0.4) is 0 Å². The Morgan fingerprint density at radius 1 is 1.04 bits per heavy atom. The summed E-state index contributed by atoms with van der Waals surface area (Å²) in [5, 5.41) is 2.48. The molecule has 2 aromatic rings. The molecule has 1 amide bonds. The first-order valence-corrected chi connectivity index (χ1v) is 9.03. The van der Waals surface area contributed by atoms with E-state index in [1.54, 1.807) is 30.3 Å². The van der Waals surface area contributed by atoms with Crippen molar-refractivity contribution in [3.8, 4) is 0 Å². The van der Waals surface area contributed by atoms with Gasteiger partial charge in [-0.25, -0.2) is 17.5 Å². The number of hydrogen-bond donors (Lipinski definition) is 2. The molecule has 128 valence electrons. The van der Waals surface area contributed by atoms with E-state index < -0.39 is 21.7 Å². The Kier molecular flexibility index (Phi) is 6.05. The average Bonchev–Trinajstić information content (AvgIpc) is 2.59. The number of rotatable bonds is 7. The third-order valence-electron chi connectivity index (χ3n) is 3.46. The van der Waals surface area contributed by atoms with E-state index in [1.807, 2.05) is 6.92 Å². The molecule has 0 saturated carbocycles. The SMILES string of the molecule is CCc1ccc(S(=O)(=O)NCCNC(=O)c2ccccc2F)cc1. The Labute approximate surface area is 141 Å². The number of amides is 1. The second-order valence-corrected chi connectivity index (χ2v) is 6.90. The quantitative estimate of drug-likeness (QED) is 0.751. The summed E-state index contributed by atoms with van der Waals surface area (Å²) in [4.78, 5) is 12.0. The molecule has 0 aromatic heterocycles. The molecule has 0 aliphatic heterocycles. The van der Waals surface area contributed by atoms with E-state index in [4.69, 9.17) is 0 Å². The van der Waals surface area contributed by atoms with Crippen molar-refractivity contribution < 1.29 is 17.6 Å². The van der Waals surface area contributed by atoms with Gasteiger partial charge in [-0.1, -0.05) is 31.2 Å². The molecule has 2 rings (SSSR count). The van der Waals surface area contributed by atoms with Crippen LogP contribution in [0.25, 0.3) is 0 Å². The van der Waals surface area contributed by atoms with E-state index in [-0.39, 0.29) is 23.5 Å². The number of aryl methyl sites for hydroxylation is 1. The maximum absolute atomic E-state index is 13.4. The molecule has 0 heterocycles. The van der Waals surface area contributed by atoms with Crippen molar-refractivity contribution >= 4 is 15.9 Å². The number of sulfonamides is 1. The van der Waals surface area contributed by atoms with Gasteiger partial charge in [0.05, 0.1) is 10.5 Å². The third kappa shape index (κ3) is 4.62. The molecule has 0 spiro atoms. The highest BCUT2D eigenvalue weighted by atomic mass is 32.2. The molecule has 0 fully saturated rings. The zero-order chi connectivity index (χ0) is 17.6. The minimum Gasteiger partial charge on any atom is -0.351 e. The van der Waals surface area contributed by atoms with Crippen molar-refractivity contribution in [3.05, 3.63) is 65.5 Å². The lowest BCUT2D eigenvalue weighted by atomic mass is 10.2. The van der Waals surface area contributed by atoms with Crippen LogP contribution in [0.15, 0.2) is 53.4 Å². The fourth-order valence-corrected chi connectivity index (χ4v) is 3.12. The minimum atomic E-state index is -3.63. The van der Waals surface area contributed by atoms with Gasteiger partial charge in [0.2, 0.25) is 10.0 Å². The highest BCUT2D eigenvalue weighted by Gasteiger charge is 2.14. The molecule has 5 nitrogen and oxygen atoms in total. The average molecular weight is 350 g/mol. The van der Waals surface area contributed by atoms with Gasteiger partial charge in [0, 0.05) is 13.1 Å². The van der Waals surface area contributed by atoms with Gasteiger partial charge in [0.1, 0.15) is 5.82 Å². The van der Waals surface area contributed by atoms with Crippen LogP contribution >= 0.6 is 0 Å². The van der Waals surface area contributed by atoms with Crippen molar-refractivity contribution in [2.24, 2.45) is 0 Å². The number of hydrogen-bond acceptors (Lipinski definition) is 3. The first-order valence-electron chi connectivity index (χ1n) is 7.55. The molecule has 0 atom stereocenters. The number of carbonyl (C=O) groups is 1. The topological polar surface area (TPSA) is 75.3 Å². The predicted octanol–water partition coefficient (Wildman–Crippen LogP) is 2.10. The molecular formula is C17H19FN2O3S. The monoisotopic (exact) mass is 350 g/mol. The summed E-state index contributed by atoms with van der Waals surface area (Å²) in [5.74, 6) is -1.20. The minimum absolute atomic E-state index is 0.0120. The van der Waals surface area contributed by atoms with Gasteiger partial charge in [-0.15, -0.1) is 0 Å². The highest BCUT2D eigenvalue weighted by molar-refractivity contribution is 7.89. The van der Waals surface area contributed by atoms with Crippen LogP contribution < -0.4 is 10.0 Å². The van der Waals surface area contributed by atoms with Gasteiger partial charge < -0.3 is 5.32 Å². The predicted molar refractivity (Wildman–Crippen MR) is 89.7 cm³/mol. The van der Waals surface area contributed by atoms with E-state index in [0.717, 1.165) is 12.0 Å². The van der Waals surface area contributed by atoms with E-state index in [9.17, 15) is 17.6 Å². The van der Waals surface area contributed by atoms with Crippen LogP contribution in [0.5, 0.6) is 0 Å². The molecule has 0 bridgehead atoms. The molecule has 0 radical (unpaired) electrons. The maximum Gasteiger partial charge on any atom is 0.254 e. The lowest BCUT2D eigenvalue weighted by molar-refractivity contribution is 0.0950. The van der Waals surface area contributed by atoms with Crippen molar-refractivity contribution in [3.63, 3.8) is 0 Å². The lowest BCUT2D eigenvalue weighted by Crippen LogP contribution is -2.35. The van der Waals surface area contributed by atoms with Crippen molar-refractivity contribution in [1.29, 1.82) is 0 Å². The maximum atomic E-state index is 13.4. The first-order chi connectivity index (χ1) is 11.4. The molecule has 0 saturated heterocycles. The van der Waals surface area contributed by atoms with Gasteiger partial charge in [-0.2, -0.15) is 0 Å². The van der Waals surface area contributed by atoms with Crippen molar-refractivity contribution in [2.75, 3.05) is 13.1 Å². The summed E-state index contributed by atoms with van der Waals surface area (Å²) in [6.45, 7) is 2.05. The Morgan fingerprint density at radius 2 is 1.71 bits per heavy atom. The summed E-state index contributed by atoms with van der Waals surface area (Å²) in [7, 11) is -3.63. The van der Waals surface area contributed by atoms with Crippen molar-refractivity contribution in [1.82, 2.24) is 10.0 Å². The largest absolute Gasteiger partial charge is 0.351 e.